The molecule has 296 valence electrons. The maximum Gasteiger partial charge on any atom is 0.333 e. The minimum Gasteiger partial charge on any atom is -0.456 e. The van der Waals surface area contributed by atoms with Gasteiger partial charge in [0.25, 0.3) is 0 Å². The van der Waals surface area contributed by atoms with Crippen LogP contribution in [0.1, 0.15) is 149 Å². The molecule has 1 fully saturated rings. The zero-order chi connectivity index (χ0) is 40.7. The van der Waals surface area contributed by atoms with Crippen molar-refractivity contribution in [2.24, 2.45) is 0 Å². The van der Waals surface area contributed by atoms with Crippen molar-refractivity contribution in [3.05, 3.63) is 107 Å². The quantitative estimate of drug-likeness (QED) is 0.156. The first kappa shape index (κ1) is 36.6. The number of benzene rings is 5. The Hall–Kier alpha value is -4.44. The van der Waals surface area contributed by atoms with Crippen LogP contribution in [-0.2, 0) is 27.1 Å². The average Bonchev–Trinajstić information content (AvgIpc) is 3.64. The number of furan rings is 1. The fourth-order valence-electron chi connectivity index (χ4n) is 12.4. The molecule has 3 aliphatic heterocycles. The first-order valence-corrected chi connectivity index (χ1v) is 22.3. The van der Waals surface area contributed by atoms with Crippen molar-refractivity contribution in [2.75, 3.05) is 9.71 Å². The van der Waals surface area contributed by atoms with Gasteiger partial charge < -0.3 is 14.1 Å². The average molecular weight is 765 g/mol. The van der Waals surface area contributed by atoms with Crippen LogP contribution in [0.15, 0.2) is 83.3 Å². The van der Waals surface area contributed by atoms with Gasteiger partial charge in [0.1, 0.15) is 11.2 Å². The minimum absolute atomic E-state index is 0.00255. The molecule has 0 spiro atoms. The van der Waals surface area contributed by atoms with Crippen molar-refractivity contribution in [1.82, 2.24) is 0 Å². The van der Waals surface area contributed by atoms with Gasteiger partial charge in [0.05, 0.1) is 10.9 Å². The number of hydrogen-bond donors (Lipinski definition) is 0. The van der Waals surface area contributed by atoms with Crippen LogP contribution >= 0.6 is 0 Å². The van der Waals surface area contributed by atoms with Crippen LogP contribution in [0.4, 0.5) is 22.7 Å². The Bertz CT molecular complexity index is 2760. The lowest BCUT2D eigenvalue weighted by atomic mass is 9.42. The summed E-state index contributed by atoms with van der Waals surface area (Å²) in [5.74, 6) is 0. The van der Waals surface area contributed by atoms with E-state index in [0.29, 0.717) is 0 Å². The SMILES string of the molecule is CC(C)(C)c1cc2c3c(c1)N1c4c(cc(C(C)(C)C)cc4C4(C)CCCCC14C)B3N(c1ccccc1)c1c-2ccc2oc3cc4c(cc3c12)C(C)(C)CCC4(C)C. The first-order valence-electron chi connectivity index (χ1n) is 22.3. The van der Waals surface area contributed by atoms with E-state index in [-0.39, 0.29) is 39.5 Å². The number of para-hydroxylation sites is 1. The molecule has 4 heterocycles. The van der Waals surface area contributed by atoms with Crippen molar-refractivity contribution in [3.63, 3.8) is 0 Å². The van der Waals surface area contributed by atoms with E-state index >= 15 is 0 Å². The Labute approximate surface area is 347 Å². The molecule has 1 aromatic heterocycles. The van der Waals surface area contributed by atoms with Gasteiger partial charge in [-0.15, -0.1) is 0 Å². The fraction of sp³-hybridized carbons (Fsp3) is 0.444. The fourth-order valence-corrected chi connectivity index (χ4v) is 12.4. The molecule has 58 heavy (non-hydrogen) atoms. The highest BCUT2D eigenvalue weighted by Gasteiger charge is 2.62. The summed E-state index contributed by atoms with van der Waals surface area (Å²) in [6, 6.07) is 31.4. The van der Waals surface area contributed by atoms with E-state index in [1.54, 1.807) is 5.56 Å². The smallest absolute Gasteiger partial charge is 0.333 e. The second-order valence-electron chi connectivity index (χ2n) is 22.8. The Morgan fingerprint density at radius 1 is 0.603 bits per heavy atom. The third-order valence-corrected chi connectivity index (χ3v) is 16.3. The van der Waals surface area contributed by atoms with Gasteiger partial charge in [-0.2, -0.15) is 0 Å². The van der Waals surface area contributed by atoms with Crippen LogP contribution in [0.5, 0.6) is 0 Å². The number of hydrogen-bond acceptors (Lipinski definition) is 3. The molecular weight excluding hydrogens is 703 g/mol. The molecule has 6 aromatic rings. The van der Waals surface area contributed by atoms with E-state index in [2.05, 4.69) is 172 Å². The van der Waals surface area contributed by atoms with Gasteiger partial charge in [0.15, 0.2) is 0 Å². The van der Waals surface area contributed by atoms with E-state index < -0.39 is 0 Å². The van der Waals surface area contributed by atoms with Crippen LogP contribution < -0.4 is 20.6 Å². The molecule has 2 unspecified atom stereocenters. The normalized spacial score (nSPS) is 23.8. The van der Waals surface area contributed by atoms with Crippen LogP contribution in [0, 0.1) is 0 Å². The molecule has 0 radical (unpaired) electrons. The maximum absolute atomic E-state index is 7.04. The molecule has 2 aliphatic carbocycles. The standard InChI is InChI=1S/C54H61BN2O/c1-49(2,3)32-26-36-35-20-21-43-45(37-30-38-39(31-44(37)58-43)52(9,10)25-24-51(38,7)8)47(35)57(34-18-14-13-15-19-34)55-41-28-33(50(4,5)6)27-40-48(41)56(42(29-32)46(36)55)54(12)23-17-16-22-53(40,54)11/h13-15,18-21,26-31H,16-17,22-25H2,1-12H3. The molecule has 0 saturated heterocycles. The number of anilines is 4. The Kier molecular flexibility index (Phi) is 7.09. The molecule has 3 nitrogen and oxygen atoms in total. The second kappa shape index (κ2) is 11.2. The highest BCUT2D eigenvalue weighted by molar-refractivity contribution is 6.94. The summed E-state index contributed by atoms with van der Waals surface area (Å²) in [7, 11) is 0. The van der Waals surface area contributed by atoms with Crippen molar-refractivity contribution in [2.45, 2.75) is 154 Å². The van der Waals surface area contributed by atoms with E-state index in [1.807, 2.05) is 0 Å². The highest BCUT2D eigenvalue weighted by atomic mass is 16.3. The van der Waals surface area contributed by atoms with Gasteiger partial charge in [-0.05, 0) is 141 Å². The van der Waals surface area contributed by atoms with Crippen molar-refractivity contribution in [1.29, 1.82) is 0 Å². The Morgan fingerprint density at radius 3 is 1.95 bits per heavy atom. The summed E-state index contributed by atoms with van der Waals surface area (Å²) < 4.78 is 7.04. The summed E-state index contributed by atoms with van der Waals surface area (Å²) in [6.45, 7) is 29.3. The molecule has 5 aliphatic rings. The van der Waals surface area contributed by atoms with Gasteiger partial charge in [0.2, 0.25) is 0 Å². The van der Waals surface area contributed by atoms with Gasteiger partial charge in [0, 0.05) is 39.1 Å². The summed E-state index contributed by atoms with van der Waals surface area (Å²) in [6.07, 6.45) is 7.32. The van der Waals surface area contributed by atoms with Gasteiger partial charge in [-0.1, -0.05) is 125 Å². The number of nitrogens with zero attached hydrogens (tertiary/aromatic N) is 2. The molecule has 2 atom stereocenters. The maximum atomic E-state index is 7.04. The predicted molar refractivity (Wildman–Crippen MR) is 248 cm³/mol. The Morgan fingerprint density at radius 2 is 1.26 bits per heavy atom. The number of fused-ring (bicyclic) bond motifs is 12. The van der Waals surface area contributed by atoms with Gasteiger partial charge >= 0.3 is 6.85 Å². The molecule has 11 rings (SSSR count). The van der Waals surface area contributed by atoms with Gasteiger partial charge in [-0.25, -0.2) is 0 Å². The van der Waals surface area contributed by atoms with Crippen LogP contribution in [-0.4, -0.2) is 12.4 Å². The molecule has 0 amide bonds. The van der Waals surface area contributed by atoms with Crippen LogP contribution in [0.3, 0.4) is 0 Å². The van der Waals surface area contributed by atoms with Crippen molar-refractivity contribution < 1.29 is 4.42 Å². The van der Waals surface area contributed by atoms with Crippen LogP contribution in [0.2, 0.25) is 0 Å². The Balaban J connectivity index is 1.33. The molecule has 1 saturated carbocycles. The lowest BCUT2D eigenvalue weighted by Crippen LogP contribution is -2.64. The highest BCUT2D eigenvalue weighted by Crippen LogP contribution is 2.63. The van der Waals surface area contributed by atoms with Crippen molar-refractivity contribution >= 4 is 62.5 Å². The van der Waals surface area contributed by atoms with E-state index in [1.165, 1.54) is 116 Å². The lowest BCUT2D eigenvalue weighted by molar-refractivity contribution is 0.195. The monoisotopic (exact) mass is 764 g/mol. The number of rotatable bonds is 1. The molecule has 4 heteroatoms. The molecular formula is C54H61BN2O. The summed E-state index contributed by atoms with van der Waals surface area (Å²) >= 11 is 0. The van der Waals surface area contributed by atoms with Crippen LogP contribution in [0.25, 0.3) is 33.1 Å². The molecule has 0 bridgehead atoms. The summed E-state index contributed by atoms with van der Waals surface area (Å²) in [5, 5.41) is 2.48. The largest absolute Gasteiger partial charge is 0.456 e. The topological polar surface area (TPSA) is 19.6 Å². The van der Waals surface area contributed by atoms with E-state index in [4.69, 9.17) is 4.42 Å². The first-order chi connectivity index (χ1) is 27.2. The summed E-state index contributed by atoms with van der Waals surface area (Å²) in [5.41, 5.74) is 20.5. The van der Waals surface area contributed by atoms with E-state index in [9.17, 15) is 0 Å². The third-order valence-electron chi connectivity index (χ3n) is 16.3. The molecule has 0 N–H and O–H groups in total. The van der Waals surface area contributed by atoms with Gasteiger partial charge in [-0.3, -0.25) is 0 Å². The zero-order valence-electron chi connectivity index (χ0n) is 37.1. The molecule has 5 aromatic carbocycles. The van der Waals surface area contributed by atoms with Crippen molar-refractivity contribution in [3.8, 4) is 11.1 Å². The lowest BCUT2D eigenvalue weighted by Gasteiger charge is -2.53. The third kappa shape index (κ3) is 4.59. The second-order valence-corrected chi connectivity index (χ2v) is 22.8. The summed E-state index contributed by atoms with van der Waals surface area (Å²) in [4.78, 5) is 5.64. The predicted octanol–water partition coefficient (Wildman–Crippen LogP) is 13.5. The zero-order valence-corrected chi connectivity index (χ0v) is 37.1. The van der Waals surface area contributed by atoms with E-state index in [0.717, 1.165) is 11.2 Å². The minimum atomic E-state index is -0.0314.